The number of fused-ring (bicyclic) bond motifs is 3. The molecule has 432 valence electrons. The van der Waals surface area contributed by atoms with E-state index in [1.807, 2.05) is 54.0 Å². The molecule has 0 saturated carbocycles. The molecule has 6 aromatic carbocycles. The molecule has 24 nitrogen and oxygen atoms in total. The van der Waals surface area contributed by atoms with E-state index in [9.17, 15) is 43.2 Å². The molecular weight excluding hydrogens is 1070 g/mol. The van der Waals surface area contributed by atoms with E-state index >= 15 is 0 Å². The molecule has 24 heteroatoms. The lowest BCUT2D eigenvalue weighted by atomic mass is 9.98. The summed E-state index contributed by atoms with van der Waals surface area (Å²) in [5, 5.41) is 20.9. The largest absolute Gasteiger partial charge is 0.496 e. The van der Waals surface area contributed by atoms with E-state index in [0.717, 1.165) is 22.3 Å². The maximum absolute atomic E-state index is 13.7. The number of nitrogen functional groups attached to an aromatic ring is 1. The Balaban J connectivity index is 0.909. The molecule has 0 heterocycles. The number of amides is 9. The van der Waals surface area contributed by atoms with Crippen LogP contribution in [0.25, 0.3) is 11.1 Å². The van der Waals surface area contributed by atoms with Crippen molar-refractivity contribution in [3.63, 3.8) is 0 Å². The normalized spacial score (nSPS) is 12.6. The predicted molar refractivity (Wildman–Crippen MR) is 307 cm³/mol. The van der Waals surface area contributed by atoms with Crippen LogP contribution < -0.4 is 72.8 Å². The van der Waals surface area contributed by atoms with Crippen LogP contribution in [-0.4, -0.2) is 113 Å². The molecule has 0 radical (unpaired) electrons. The zero-order valence-corrected chi connectivity index (χ0v) is 46.4. The minimum absolute atomic E-state index is 0.0302. The molecule has 1 aliphatic carbocycles. The molecule has 0 spiro atoms. The number of nitrogens with two attached hydrogens (primary N) is 1. The Labute approximate surface area is 476 Å². The fraction of sp³-hybridized carbons (Fsp3) is 0.237. The van der Waals surface area contributed by atoms with Crippen molar-refractivity contribution < 1.29 is 66.8 Å². The van der Waals surface area contributed by atoms with E-state index in [1.165, 1.54) is 129 Å². The molecule has 11 N–H and O–H groups in total. The number of benzene rings is 6. The number of alkyl carbamates (subject to hydrolysis) is 1. The van der Waals surface area contributed by atoms with Gasteiger partial charge in [-0.2, -0.15) is 0 Å². The smallest absolute Gasteiger partial charge is 0.407 e. The molecule has 0 fully saturated rings. The SMILES string of the molecule is COc1ccc(NC(=O)[C@H](C)NC(=O)c2cc(NC(=O)[C@H](C)NC(=O)c3cc(NC(=O)[C@H](C)NC(=O)c4cc(NC(=O)[C@H](C)NC(=O)OCC5c6ccccc6-c6ccccc65)ccc4OC)ccc3OC)ccc2OC)cc1C(=O)NN. The number of rotatable bonds is 22. The lowest BCUT2D eigenvalue weighted by molar-refractivity contribution is -0.118. The predicted octanol–water partition coefficient (Wildman–Crippen LogP) is 5.46. The second-order valence-electron chi connectivity index (χ2n) is 18.9. The van der Waals surface area contributed by atoms with E-state index in [0.29, 0.717) is 0 Å². The van der Waals surface area contributed by atoms with Crippen molar-refractivity contribution in [1.29, 1.82) is 0 Å². The number of hydrogen-bond donors (Lipinski definition) is 10. The lowest BCUT2D eigenvalue weighted by Crippen LogP contribution is -2.42. The number of hydrazine groups is 1. The van der Waals surface area contributed by atoms with Crippen LogP contribution in [0.5, 0.6) is 23.0 Å². The first-order chi connectivity index (χ1) is 39.8. The Morgan fingerprint density at radius 2 is 0.699 bits per heavy atom. The van der Waals surface area contributed by atoms with Gasteiger partial charge in [-0.15, -0.1) is 0 Å². The number of nitrogens with one attached hydrogen (secondary N) is 9. The minimum Gasteiger partial charge on any atom is -0.496 e. The topological polar surface area (TPSA) is 334 Å². The van der Waals surface area contributed by atoms with Gasteiger partial charge < -0.3 is 66.2 Å². The fourth-order valence-corrected chi connectivity index (χ4v) is 8.83. The molecule has 0 unspecified atom stereocenters. The highest BCUT2D eigenvalue weighted by Crippen LogP contribution is 2.44. The third kappa shape index (κ3) is 14.5. The fourth-order valence-electron chi connectivity index (χ4n) is 8.83. The van der Waals surface area contributed by atoms with Crippen molar-refractivity contribution in [3.05, 3.63) is 155 Å². The Morgan fingerprint density at radius 1 is 0.410 bits per heavy atom. The van der Waals surface area contributed by atoms with Crippen LogP contribution in [0.1, 0.15) is 86.2 Å². The summed E-state index contributed by atoms with van der Waals surface area (Å²) in [7, 11) is 5.36. The summed E-state index contributed by atoms with van der Waals surface area (Å²) in [6.07, 6.45) is -0.794. The van der Waals surface area contributed by atoms with Gasteiger partial charge in [-0.3, -0.25) is 43.8 Å². The molecule has 9 amide bonds. The highest BCUT2D eigenvalue weighted by Gasteiger charge is 2.30. The van der Waals surface area contributed by atoms with E-state index in [1.54, 1.807) is 0 Å². The molecular formula is C59H62N10O14. The summed E-state index contributed by atoms with van der Waals surface area (Å²) < 4.78 is 27.0. The van der Waals surface area contributed by atoms with Crippen molar-refractivity contribution in [2.45, 2.75) is 57.8 Å². The summed E-state index contributed by atoms with van der Waals surface area (Å²) in [5.41, 5.74) is 6.80. The summed E-state index contributed by atoms with van der Waals surface area (Å²) in [4.78, 5) is 119. The highest BCUT2D eigenvalue weighted by molar-refractivity contribution is 6.07. The van der Waals surface area contributed by atoms with Crippen LogP contribution in [0.2, 0.25) is 0 Å². The summed E-state index contributed by atoms with van der Waals surface area (Å²) >= 11 is 0. The zero-order chi connectivity index (χ0) is 60.1. The van der Waals surface area contributed by atoms with Crippen LogP contribution >= 0.6 is 0 Å². The number of anilines is 4. The number of hydrogen-bond acceptors (Lipinski definition) is 15. The lowest BCUT2D eigenvalue weighted by Gasteiger charge is -2.19. The highest BCUT2D eigenvalue weighted by atomic mass is 16.5. The van der Waals surface area contributed by atoms with E-state index in [-0.39, 0.29) is 80.5 Å². The molecule has 0 bridgehead atoms. The Bertz CT molecular complexity index is 3450. The van der Waals surface area contributed by atoms with Gasteiger partial charge in [0.15, 0.2) is 0 Å². The van der Waals surface area contributed by atoms with Crippen LogP contribution in [0, 0.1) is 0 Å². The van der Waals surface area contributed by atoms with Gasteiger partial charge in [0.25, 0.3) is 23.6 Å². The molecule has 1 aliphatic rings. The maximum atomic E-state index is 13.7. The molecule has 83 heavy (non-hydrogen) atoms. The summed E-state index contributed by atoms with van der Waals surface area (Å²) in [5.74, 6) is 0.115. The Hall–Kier alpha value is -10.5. The average Bonchev–Trinajstić information content (AvgIpc) is 3.13. The van der Waals surface area contributed by atoms with Gasteiger partial charge in [-0.1, -0.05) is 48.5 Å². The minimum atomic E-state index is -1.18. The second kappa shape index (κ2) is 27.1. The summed E-state index contributed by atoms with van der Waals surface area (Å²) in [6.45, 7) is 5.79. The van der Waals surface area contributed by atoms with E-state index in [2.05, 4.69) is 42.5 Å². The van der Waals surface area contributed by atoms with Gasteiger partial charge in [0.2, 0.25) is 23.6 Å². The first-order valence-electron chi connectivity index (χ1n) is 25.8. The molecule has 0 aliphatic heterocycles. The van der Waals surface area contributed by atoms with Crippen molar-refractivity contribution in [2.75, 3.05) is 56.3 Å². The van der Waals surface area contributed by atoms with Gasteiger partial charge in [-0.25, -0.2) is 10.6 Å². The third-order valence-electron chi connectivity index (χ3n) is 13.3. The number of ether oxygens (including phenoxy) is 5. The zero-order valence-electron chi connectivity index (χ0n) is 46.4. The standard InChI is InChI=1S/C59H62N10O14/c1-30(51(70)65-35-18-22-48(80-6)43(26-35)56(75)63-32(3)53(72)67-37-20-24-50(82-8)45(28-37)58(77)69-60)61-55(74)42-25-34(17-21-47(42)79-5)66-52(71)31(2)62-57(76)44-27-36(19-23-49(44)81-7)68-54(73)33(4)64-59(78)83-29-46-40-15-11-9-13-38(40)39-14-10-12-16-41(39)46/h9-28,30-33,46H,29,60H2,1-8H3,(H,61,74)(H,62,76)(H,63,75)(H,64,78)(H,65,70)(H,66,71)(H,67,72)(H,68,73)(H,69,77)/t30-,31-,32-,33-/m0/s1. The maximum Gasteiger partial charge on any atom is 0.407 e. The third-order valence-corrected chi connectivity index (χ3v) is 13.3. The average molecular weight is 1140 g/mol. The molecule has 0 saturated heterocycles. The van der Waals surface area contributed by atoms with E-state index in [4.69, 9.17) is 29.5 Å². The molecule has 0 aromatic heterocycles. The number of methoxy groups -OCH3 is 4. The van der Waals surface area contributed by atoms with Gasteiger partial charge >= 0.3 is 6.09 Å². The molecule has 6 aromatic rings. The number of carbonyl (C=O) groups excluding carboxylic acids is 9. The van der Waals surface area contributed by atoms with Gasteiger partial charge in [0, 0.05) is 28.7 Å². The second-order valence-corrected chi connectivity index (χ2v) is 18.9. The van der Waals surface area contributed by atoms with Crippen molar-refractivity contribution in [1.82, 2.24) is 26.7 Å². The van der Waals surface area contributed by atoms with Crippen molar-refractivity contribution in [2.24, 2.45) is 5.84 Å². The van der Waals surface area contributed by atoms with Gasteiger partial charge in [-0.05, 0) is 123 Å². The van der Waals surface area contributed by atoms with Crippen molar-refractivity contribution >= 4 is 76.1 Å². The molecule has 7 rings (SSSR count). The molecule has 4 atom stereocenters. The first kappa shape index (κ1) is 60.2. The Morgan fingerprint density at radius 3 is 1.00 bits per heavy atom. The monoisotopic (exact) mass is 1130 g/mol. The quantitative estimate of drug-likeness (QED) is 0.0229. The van der Waals surface area contributed by atoms with Crippen LogP contribution in [0.15, 0.2) is 121 Å². The summed E-state index contributed by atoms with van der Waals surface area (Å²) in [6, 6.07) is 28.3. The van der Waals surface area contributed by atoms with Gasteiger partial charge in [0.1, 0.15) is 53.8 Å². The Kier molecular flexibility index (Phi) is 19.7. The van der Waals surface area contributed by atoms with E-state index < -0.39 is 77.5 Å². The van der Waals surface area contributed by atoms with Gasteiger partial charge in [0.05, 0.1) is 50.7 Å². The van der Waals surface area contributed by atoms with Crippen LogP contribution in [0.3, 0.4) is 0 Å². The first-order valence-corrected chi connectivity index (χ1v) is 25.8. The van der Waals surface area contributed by atoms with Crippen LogP contribution in [0.4, 0.5) is 27.5 Å². The van der Waals surface area contributed by atoms with Crippen molar-refractivity contribution in [3.8, 4) is 34.1 Å². The van der Waals surface area contributed by atoms with Crippen LogP contribution in [-0.2, 0) is 23.9 Å². The number of carbonyl (C=O) groups is 9.